The van der Waals surface area contributed by atoms with Crippen molar-refractivity contribution < 1.29 is 9.84 Å². The van der Waals surface area contributed by atoms with Crippen LogP contribution in [0, 0.1) is 0 Å². The molecular weight excluding hydrogens is 226 g/mol. The lowest BCUT2D eigenvalue weighted by molar-refractivity contribution is 0.124. The number of benzene rings is 1. The third-order valence-corrected chi connectivity index (χ3v) is 3.16. The molecule has 0 fully saturated rings. The summed E-state index contributed by atoms with van der Waals surface area (Å²) in [5, 5.41) is 10.5. The molecule has 18 heavy (non-hydrogen) atoms. The molecule has 1 aromatic heterocycles. The zero-order chi connectivity index (χ0) is 12.8. The number of aliphatic hydroxyl groups excluding tert-OH is 1. The van der Waals surface area contributed by atoms with Gasteiger partial charge in [-0.3, -0.25) is 0 Å². The molecular formula is C15H21NO2. The highest BCUT2D eigenvalue weighted by atomic mass is 16.5. The lowest BCUT2D eigenvalue weighted by Gasteiger charge is -2.06. The van der Waals surface area contributed by atoms with Crippen molar-refractivity contribution in [1.82, 2.24) is 4.57 Å². The Bertz CT molecular complexity index is 490. The van der Waals surface area contributed by atoms with Crippen LogP contribution in [-0.4, -0.2) is 22.9 Å². The number of rotatable bonds is 7. The van der Waals surface area contributed by atoms with Crippen molar-refractivity contribution in [3.63, 3.8) is 0 Å². The maximum absolute atomic E-state index is 9.35. The Labute approximate surface area is 108 Å². The molecule has 1 heterocycles. The first kappa shape index (κ1) is 13.1. The van der Waals surface area contributed by atoms with Crippen molar-refractivity contribution in [3.8, 4) is 0 Å². The highest BCUT2D eigenvalue weighted by Gasteiger charge is 2.06. The molecule has 0 aliphatic heterocycles. The molecule has 3 heteroatoms. The van der Waals surface area contributed by atoms with Crippen LogP contribution < -0.4 is 0 Å². The molecule has 0 radical (unpaired) electrons. The summed E-state index contributed by atoms with van der Waals surface area (Å²) < 4.78 is 7.75. The van der Waals surface area contributed by atoms with Gasteiger partial charge in [-0.25, -0.2) is 0 Å². The Morgan fingerprint density at radius 3 is 2.83 bits per heavy atom. The zero-order valence-electron chi connectivity index (χ0n) is 10.9. The van der Waals surface area contributed by atoms with E-state index in [0.29, 0.717) is 0 Å². The molecule has 2 aromatic rings. The minimum atomic E-state index is 0.0875. The third-order valence-electron chi connectivity index (χ3n) is 3.16. The van der Waals surface area contributed by atoms with Crippen molar-refractivity contribution in [2.24, 2.45) is 0 Å². The highest BCUT2D eigenvalue weighted by Crippen LogP contribution is 2.21. The summed E-state index contributed by atoms with van der Waals surface area (Å²) in [6.07, 6.45) is 4.31. The Morgan fingerprint density at radius 2 is 2.06 bits per heavy atom. The molecule has 3 nitrogen and oxygen atoms in total. The molecule has 0 atom stereocenters. The molecule has 0 amide bonds. The van der Waals surface area contributed by atoms with Crippen molar-refractivity contribution in [1.29, 1.82) is 0 Å². The second kappa shape index (κ2) is 6.57. The molecule has 1 aromatic carbocycles. The second-order valence-corrected chi connectivity index (χ2v) is 4.49. The molecule has 0 aliphatic rings. The summed E-state index contributed by atoms with van der Waals surface area (Å²) in [7, 11) is 0. The topological polar surface area (TPSA) is 34.4 Å². The van der Waals surface area contributed by atoms with E-state index in [0.717, 1.165) is 37.1 Å². The molecule has 2 rings (SSSR count). The Morgan fingerprint density at radius 1 is 1.22 bits per heavy atom. The molecule has 0 aliphatic carbocycles. The number of para-hydroxylation sites is 1. The smallest absolute Gasteiger partial charge is 0.0702 e. The van der Waals surface area contributed by atoms with E-state index in [1.807, 2.05) is 18.3 Å². The van der Waals surface area contributed by atoms with Gasteiger partial charge in [-0.05, 0) is 12.5 Å². The van der Waals surface area contributed by atoms with E-state index in [9.17, 15) is 5.11 Å². The largest absolute Gasteiger partial charge is 0.392 e. The van der Waals surface area contributed by atoms with Crippen LogP contribution in [0.3, 0.4) is 0 Å². The van der Waals surface area contributed by atoms with E-state index in [4.69, 9.17) is 4.74 Å². The first-order valence-corrected chi connectivity index (χ1v) is 6.62. The van der Waals surface area contributed by atoms with Gasteiger partial charge >= 0.3 is 0 Å². The average Bonchev–Trinajstić information content (AvgIpc) is 2.77. The summed E-state index contributed by atoms with van der Waals surface area (Å²) >= 11 is 0. The summed E-state index contributed by atoms with van der Waals surface area (Å²) in [4.78, 5) is 0. The van der Waals surface area contributed by atoms with Crippen LogP contribution in [0.1, 0.15) is 25.3 Å². The minimum Gasteiger partial charge on any atom is -0.392 e. The number of aromatic nitrogens is 1. The Balaban J connectivity index is 2.04. The summed E-state index contributed by atoms with van der Waals surface area (Å²) in [6, 6.07) is 8.16. The fraction of sp³-hybridized carbons (Fsp3) is 0.467. The molecule has 0 spiro atoms. The lowest BCUT2D eigenvalue weighted by Crippen LogP contribution is -2.05. The van der Waals surface area contributed by atoms with Crippen LogP contribution in [0.5, 0.6) is 0 Å². The van der Waals surface area contributed by atoms with Gasteiger partial charge in [-0.1, -0.05) is 31.5 Å². The zero-order valence-corrected chi connectivity index (χ0v) is 10.9. The van der Waals surface area contributed by atoms with Crippen LogP contribution in [0.15, 0.2) is 30.5 Å². The third kappa shape index (κ3) is 2.92. The van der Waals surface area contributed by atoms with Crippen molar-refractivity contribution in [2.45, 2.75) is 32.9 Å². The molecule has 0 unspecified atom stereocenters. The van der Waals surface area contributed by atoms with Crippen LogP contribution in [0.25, 0.3) is 10.9 Å². The van der Waals surface area contributed by atoms with Gasteiger partial charge in [0.1, 0.15) is 0 Å². The average molecular weight is 247 g/mol. The summed E-state index contributed by atoms with van der Waals surface area (Å²) in [6.45, 7) is 4.65. The van der Waals surface area contributed by atoms with Crippen LogP contribution in [0.4, 0.5) is 0 Å². The van der Waals surface area contributed by atoms with Gasteiger partial charge in [-0.15, -0.1) is 0 Å². The Kier molecular flexibility index (Phi) is 4.79. The SMILES string of the molecule is CCCCOCCn1cc(CO)c2ccccc21. The fourth-order valence-electron chi connectivity index (χ4n) is 2.15. The van der Waals surface area contributed by atoms with Gasteiger partial charge < -0.3 is 14.4 Å². The number of ether oxygens (including phenoxy) is 1. The number of nitrogens with zero attached hydrogens (tertiary/aromatic N) is 1. The summed E-state index contributed by atoms with van der Waals surface area (Å²) in [5.41, 5.74) is 2.15. The standard InChI is InChI=1S/C15H21NO2/c1-2-3-9-18-10-8-16-11-13(12-17)14-6-4-5-7-15(14)16/h4-7,11,17H,2-3,8-10,12H2,1H3. The first-order valence-electron chi connectivity index (χ1n) is 6.62. The number of aliphatic hydroxyl groups is 1. The maximum atomic E-state index is 9.35. The van der Waals surface area contributed by atoms with E-state index >= 15 is 0 Å². The lowest BCUT2D eigenvalue weighted by atomic mass is 10.2. The predicted molar refractivity (Wildman–Crippen MR) is 73.6 cm³/mol. The van der Waals surface area contributed by atoms with E-state index in [2.05, 4.69) is 23.6 Å². The van der Waals surface area contributed by atoms with Crippen LogP contribution in [-0.2, 0) is 17.9 Å². The van der Waals surface area contributed by atoms with Crippen molar-refractivity contribution in [3.05, 3.63) is 36.0 Å². The minimum absolute atomic E-state index is 0.0875. The van der Waals surface area contributed by atoms with Crippen LogP contribution in [0.2, 0.25) is 0 Å². The molecule has 1 N–H and O–H groups in total. The molecule has 0 saturated heterocycles. The summed E-state index contributed by atoms with van der Waals surface area (Å²) in [5.74, 6) is 0. The normalized spacial score (nSPS) is 11.2. The highest BCUT2D eigenvalue weighted by molar-refractivity contribution is 5.83. The number of fused-ring (bicyclic) bond motifs is 1. The Hall–Kier alpha value is -1.32. The quantitative estimate of drug-likeness (QED) is 0.763. The van der Waals surface area contributed by atoms with Gasteiger partial charge in [0.15, 0.2) is 0 Å². The number of unbranched alkanes of at least 4 members (excludes halogenated alkanes) is 1. The van der Waals surface area contributed by atoms with Gasteiger partial charge in [0.25, 0.3) is 0 Å². The molecule has 98 valence electrons. The van der Waals surface area contributed by atoms with Crippen LogP contribution >= 0.6 is 0 Å². The van der Waals surface area contributed by atoms with Crippen molar-refractivity contribution >= 4 is 10.9 Å². The van der Waals surface area contributed by atoms with E-state index in [1.54, 1.807) is 0 Å². The predicted octanol–water partition coefficient (Wildman–Crippen LogP) is 2.95. The van der Waals surface area contributed by atoms with E-state index in [1.165, 1.54) is 11.9 Å². The molecule has 0 bridgehead atoms. The van der Waals surface area contributed by atoms with E-state index in [-0.39, 0.29) is 6.61 Å². The van der Waals surface area contributed by atoms with Gasteiger partial charge in [0.2, 0.25) is 0 Å². The maximum Gasteiger partial charge on any atom is 0.0702 e. The van der Waals surface area contributed by atoms with Gasteiger partial charge in [0, 0.05) is 35.8 Å². The first-order chi connectivity index (χ1) is 8.86. The van der Waals surface area contributed by atoms with E-state index < -0.39 is 0 Å². The molecule has 0 saturated carbocycles. The monoisotopic (exact) mass is 247 g/mol. The van der Waals surface area contributed by atoms with Gasteiger partial charge in [0.05, 0.1) is 13.2 Å². The number of hydrogen-bond donors (Lipinski definition) is 1. The second-order valence-electron chi connectivity index (χ2n) is 4.49. The fourth-order valence-corrected chi connectivity index (χ4v) is 2.15. The van der Waals surface area contributed by atoms with Gasteiger partial charge in [-0.2, -0.15) is 0 Å². The number of hydrogen-bond acceptors (Lipinski definition) is 2. The van der Waals surface area contributed by atoms with Crippen molar-refractivity contribution in [2.75, 3.05) is 13.2 Å².